The van der Waals surface area contributed by atoms with Crippen molar-refractivity contribution in [2.24, 2.45) is 0 Å². The SMILES string of the molecule is O=C(c1cncnc1)c1ccc(Br)o1. The van der Waals surface area contributed by atoms with Crippen LogP contribution in [0.4, 0.5) is 0 Å². The van der Waals surface area contributed by atoms with E-state index in [4.69, 9.17) is 4.42 Å². The zero-order chi connectivity index (χ0) is 9.97. The standard InChI is InChI=1S/C9H5BrN2O2/c10-8-2-1-7(14-8)9(13)6-3-11-5-12-4-6/h1-5H. The Hall–Kier alpha value is -1.49. The molecule has 4 nitrogen and oxygen atoms in total. The summed E-state index contributed by atoms with van der Waals surface area (Å²) in [4.78, 5) is 19.2. The van der Waals surface area contributed by atoms with Crippen LogP contribution in [0.5, 0.6) is 0 Å². The first-order chi connectivity index (χ1) is 6.77. The fourth-order valence-corrected chi connectivity index (χ4v) is 1.30. The molecule has 0 unspecified atom stereocenters. The van der Waals surface area contributed by atoms with E-state index in [2.05, 4.69) is 25.9 Å². The molecule has 0 fully saturated rings. The number of hydrogen-bond donors (Lipinski definition) is 0. The summed E-state index contributed by atoms with van der Waals surface area (Å²) in [6.45, 7) is 0. The summed E-state index contributed by atoms with van der Waals surface area (Å²) < 4.78 is 5.64. The van der Waals surface area contributed by atoms with E-state index in [1.165, 1.54) is 18.7 Å². The van der Waals surface area contributed by atoms with Crippen LogP contribution in [0.25, 0.3) is 0 Å². The lowest BCUT2D eigenvalue weighted by Crippen LogP contribution is -2.00. The molecule has 0 spiro atoms. The summed E-state index contributed by atoms with van der Waals surface area (Å²) in [7, 11) is 0. The maximum absolute atomic E-state index is 11.7. The Morgan fingerprint density at radius 2 is 2.00 bits per heavy atom. The average molecular weight is 253 g/mol. The summed E-state index contributed by atoms with van der Waals surface area (Å²) >= 11 is 3.12. The highest BCUT2D eigenvalue weighted by atomic mass is 79.9. The fourth-order valence-electron chi connectivity index (χ4n) is 0.995. The lowest BCUT2D eigenvalue weighted by Gasteiger charge is -1.94. The largest absolute Gasteiger partial charge is 0.446 e. The Kier molecular flexibility index (Phi) is 2.41. The molecule has 0 aliphatic rings. The number of hydrogen-bond acceptors (Lipinski definition) is 4. The van der Waals surface area contributed by atoms with Gasteiger partial charge in [0.25, 0.3) is 0 Å². The molecule has 5 heteroatoms. The van der Waals surface area contributed by atoms with Gasteiger partial charge in [0, 0.05) is 12.4 Å². The van der Waals surface area contributed by atoms with Crippen molar-refractivity contribution in [2.45, 2.75) is 0 Å². The summed E-state index contributed by atoms with van der Waals surface area (Å²) in [6, 6.07) is 3.26. The zero-order valence-electron chi connectivity index (χ0n) is 6.98. The normalized spacial score (nSPS) is 10.1. The minimum Gasteiger partial charge on any atom is -0.446 e. The highest BCUT2D eigenvalue weighted by molar-refractivity contribution is 9.10. The van der Waals surface area contributed by atoms with Gasteiger partial charge in [0.2, 0.25) is 5.78 Å². The van der Waals surface area contributed by atoms with E-state index in [-0.39, 0.29) is 11.5 Å². The minimum atomic E-state index is -0.226. The molecule has 2 aromatic heterocycles. The molecule has 0 saturated heterocycles. The summed E-state index contributed by atoms with van der Waals surface area (Å²) in [5, 5.41) is 0. The molecule has 0 N–H and O–H groups in total. The van der Waals surface area contributed by atoms with Gasteiger partial charge in [-0.05, 0) is 28.1 Å². The minimum absolute atomic E-state index is 0.226. The van der Waals surface area contributed by atoms with Gasteiger partial charge in [-0.1, -0.05) is 0 Å². The van der Waals surface area contributed by atoms with Crippen LogP contribution in [0.15, 0.2) is 39.9 Å². The number of carbonyl (C=O) groups is 1. The predicted octanol–water partition coefficient (Wildman–Crippen LogP) is 2.06. The number of rotatable bonds is 2. The van der Waals surface area contributed by atoms with E-state index in [0.717, 1.165) is 0 Å². The van der Waals surface area contributed by atoms with Gasteiger partial charge in [0.1, 0.15) is 6.33 Å². The molecule has 2 heterocycles. The van der Waals surface area contributed by atoms with Gasteiger partial charge in [0.05, 0.1) is 5.56 Å². The van der Waals surface area contributed by atoms with Gasteiger partial charge < -0.3 is 4.42 Å². The molecule has 0 aliphatic carbocycles. The summed E-state index contributed by atoms with van der Waals surface area (Å²) in [6.07, 6.45) is 4.27. The van der Waals surface area contributed by atoms with Gasteiger partial charge >= 0.3 is 0 Å². The van der Waals surface area contributed by atoms with E-state index in [0.29, 0.717) is 10.2 Å². The molecule has 0 saturated carbocycles. The molecule has 0 atom stereocenters. The van der Waals surface area contributed by atoms with Crippen molar-refractivity contribution in [3.63, 3.8) is 0 Å². The molecular formula is C9H5BrN2O2. The smallest absolute Gasteiger partial charge is 0.231 e. The van der Waals surface area contributed by atoms with Gasteiger partial charge in [-0.3, -0.25) is 4.79 Å². The molecular weight excluding hydrogens is 248 g/mol. The molecule has 0 aliphatic heterocycles. The van der Waals surface area contributed by atoms with Crippen LogP contribution in [0, 0.1) is 0 Å². The van der Waals surface area contributed by atoms with Gasteiger partial charge in [0.15, 0.2) is 10.4 Å². The van der Waals surface area contributed by atoms with Crippen LogP contribution in [0.1, 0.15) is 16.1 Å². The molecule has 0 bridgehead atoms. The maximum Gasteiger partial charge on any atom is 0.231 e. The highest BCUT2D eigenvalue weighted by Crippen LogP contribution is 2.16. The topological polar surface area (TPSA) is 56.0 Å². The first kappa shape index (κ1) is 9.08. The first-order valence-corrected chi connectivity index (χ1v) is 4.62. The van der Waals surface area contributed by atoms with Crippen LogP contribution < -0.4 is 0 Å². The predicted molar refractivity (Wildman–Crippen MR) is 51.9 cm³/mol. The maximum atomic E-state index is 11.7. The zero-order valence-corrected chi connectivity index (χ0v) is 8.56. The average Bonchev–Trinajstić information content (AvgIpc) is 2.65. The van der Waals surface area contributed by atoms with E-state index < -0.39 is 0 Å². The third kappa shape index (κ3) is 1.72. The second-order valence-electron chi connectivity index (χ2n) is 2.56. The van der Waals surface area contributed by atoms with Crippen molar-refractivity contribution in [3.8, 4) is 0 Å². The van der Waals surface area contributed by atoms with Crippen molar-refractivity contribution in [1.82, 2.24) is 9.97 Å². The Morgan fingerprint density at radius 3 is 2.57 bits per heavy atom. The quantitative estimate of drug-likeness (QED) is 0.768. The van der Waals surface area contributed by atoms with Crippen LogP contribution in [-0.2, 0) is 0 Å². The van der Waals surface area contributed by atoms with Crippen molar-refractivity contribution in [3.05, 3.63) is 46.8 Å². The van der Waals surface area contributed by atoms with Crippen LogP contribution in [0.3, 0.4) is 0 Å². The van der Waals surface area contributed by atoms with E-state index >= 15 is 0 Å². The number of halogens is 1. The van der Waals surface area contributed by atoms with Crippen molar-refractivity contribution >= 4 is 21.7 Å². The lowest BCUT2D eigenvalue weighted by atomic mass is 10.2. The first-order valence-electron chi connectivity index (χ1n) is 3.82. The Morgan fingerprint density at radius 1 is 1.29 bits per heavy atom. The van der Waals surface area contributed by atoms with Crippen molar-refractivity contribution in [1.29, 1.82) is 0 Å². The Bertz CT molecular complexity index is 453. The van der Waals surface area contributed by atoms with E-state index in [1.807, 2.05) is 0 Å². The van der Waals surface area contributed by atoms with Crippen LogP contribution >= 0.6 is 15.9 Å². The molecule has 70 valence electrons. The third-order valence-corrected chi connectivity index (χ3v) is 2.05. The van der Waals surface area contributed by atoms with Crippen molar-refractivity contribution in [2.75, 3.05) is 0 Å². The van der Waals surface area contributed by atoms with Gasteiger partial charge in [-0.2, -0.15) is 0 Å². The molecule has 0 amide bonds. The van der Waals surface area contributed by atoms with E-state index in [1.54, 1.807) is 12.1 Å². The Balaban J connectivity index is 2.34. The van der Waals surface area contributed by atoms with Crippen molar-refractivity contribution < 1.29 is 9.21 Å². The Labute approximate surface area is 88.1 Å². The number of ketones is 1. The van der Waals surface area contributed by atoms with Crippen LogP contribution in [-0.4, -0.2) is 15.8 Å². The van der Waals surface area contributed by atoms with E-state index in [9.17, 15) is 4.79 Å². The molecule has 14 heavy (non-hydrogen) atoms. The highest BCUT2D eigenvalue weighted by Gasteiger charge is 2.13. The molecule has 0 radical (unpaired) electrons. The molecule has 2 aromatic rings. The number of aromatic nitrogens is 2. The lowest BCUT2D eigenvalue weighted by molar-refractivity contribution is 0.101. The molecule has 0 aromatic carbocycles. The van der Waals surface area contributed by atoms with Crippen LogP contribution in [0.2, 0.25) is 0 Å². The molecule has 2 rings (SSSR count). The second-order valence-corrected chi connectivity index (χ2v) is 3.34. The summed E-state index contributed by atoms with van der Waals surface area (Å²) in [5.74, 6) is 0.0444. The number of nitrogens with zero attached hydrogens (tertiary/aromatic N) is 2. The second kappa shape index (κ2) is 3.71. The van der Waals surface area contributed by atoms with Gasteiger partial charge in [-0.25, -0.2) is 9.97 Å². The third-order valence-electron chi connectivity index (χ3n) is 1.62. The number of carbonyl (C=O) groups excluding carboxylic acids is 1. The summed E-state index contributed by atoms with van der Waals surface area (Å²) in [5.41, 5.74) is 0.411. The number of furan rings is 1. The van der Waals surface area contributed by atoms with Gasteiger partial charge in [-0.15, -0.1) is 0 Å². The monoisotopic (exact) mass is 252 g/mol. The fraction of sp³-hybridized carbons (Fsp3) is 0.